The standard InChI is InChI=1S/C11H14O.C2H6/c1-8(2)10-5-3-4-9-6-7-12-11(9)10;1-2/h3-5,8H,6-7H2,1-2H3;1-2H3. The molecule has 1 nitrogen and oxygen atoms in total. The van der Waals surface area contributed by atoms with Gasteiger partial charge in [-0.15, -0.1) is 0 Å². The molecule has 0 amide bonds. The van der Waals surface area contributed by atoms with Crippen LogP contribution in [0.3, 0.4) is 0 Å². The molecule has 0 fully saturated rings. The van der Waals surface area contributed by atoms with Crippen molar-refractivity contribution in [1.82, 2.24) is 0 Å². The van der Waals surface area contributed by atoms with Crippen molar-refractivity contribution in [2.75, 3.05) is 6.61 Å². The Morgan fingerprint density at radius 3 is 2.57 bits per heavy atom. The molecule has 0 aliphatic carbocycles. The number of hydrogen-bond donors (Lipinski definition) is 0. The van der Waals surface area contributed by atoms with E-state index in [0.717, 1.165) is 18.8 Å². The maximum Gasteiger partial charge on any atom is 0.126 e. The predicted octanol–water partition coefficient (Wildman–Crippen LogP) is 3.77. The molecule has 0 bridgehead atoms. The van der Waals surface area contributed by atoms with Crippen molar-refractivity contribution < 1.29 is 4.74 Å². The quantitative estimate of drug-likeness (QED) is 0.658. The van der Waals surface area contributed by atoms with Crippen LogP contribution in [0.4, 0.5) is 0 Å². The van der Waals surface area contributed by atoms with Gasteiger partial charge in [0.05, 0.1) is 6.61 Å². The van der Waals surface area contributed by atoms with Crippen LogP contribution in [0.25, 0.3) is 0 Å². The van der Waals surface area contributed by atoms with Crippen LogP contribution in [0, 0.1) is 0 Å². The minimum absolute atomic E-state index is 0.568. The Morgan fingerprint density at radius 1 is 1.21 bits per heavy atom. The highest BCUT2D eigenvalue weighted by Gasteiger charge is 2.16. The monoisotopic (exact) mass is 192 g/mol. The van der Waals surface area contributed by atoms with E-state index in [4.69, 9.17) is 4.74 Å². The molecule has 0 spiro atoms. The fourth-order valence-electron chi connectivity index (χ4n) is 1.70. The van der Waals surface area contributed by atoms with E-state index in [1.165, 1.54) is 11.1 Å². The third-order valence-electron chi connectivity index (χ3n) is 2.37. The molecule has 2 rings (SSSR count). The first-order valence-electron chi connectivity index (χ1n) is 5.53. The average molecular weight is 192 g/mol. The van der Waals surface area contributed by atoms with Crippen LogP contribution in [0.1, 0.15) is 44.7 Å². The van der Waals surface area contributed by atoms with Crippen molar-refractivity contribution in [1.29, 1.82) is 0 Å². The first-order valence-corrected chi connectivity index (χ1v) is 5.53. The molecular weight excluding hydrogens is 172 g/mol. The van der Waals surface area contributed by atoms with Crippen LogP contribution in [0.2, 0.25) is 0 Å². The lowest BCUT2D eigenvalue weighted by atomic mass is 9.99. The third-order valence-corrected chi connectivity index (χ3v) is 2.37. The number of hydrogen-bond acceptors (Lipinski definition) is 1. The molecule has 1 aliphatic heterocycles. The van der Waals surface area contributed by atoms with Gasteiger partial charge in [0.1, 0.15) is 5.75 Å². The average Bonchev–Trinajstić information content (AvgIpc) is 2.67. The van der Waals surface area contributed by atoms with E-state index >= 15 is 0 Å². The van der Waals surface area contributed by atoms with Crippen LogP contribution in [-0.2, 0) is 6.42 Å². The van der Waals surface area contributed by atoms with Crippen LogP contribution < -0.4 is 4.74 Å². The molecule has 78 valence electrons. The molecule has 1 aromatic rings. The Kier molecular flexibility index (Phi) is 3.99. The van der Waals surface area contributed by atoms with Gasteiger partial charge in [-0.3, -0.25) is 0 Å². The van der Waals surface area contributed by atoms with E-state index in [1.54, 1.807) is 0 Å². The summed E-state index contributed by atoms with van der Waals surface area (Å²) in [6.07, 6.45) is 1.08. The van der Waals surface area contributed by atoms with Crippen LogP contribution in [0.15, 0.2) is 18.2 Å². The van der Waals surface area contributed by atoms with Gasteiger partial charge in [-0.2, -0.15) is 0 Å². The summed E-state index contributed by atoms with van der Waals surface area (Å²) < 4.78 is 5.59. The second-order valence-corrected chi connectivity index (χ2v) is 3.59. The van der Waals surface area contributed by atoms with Gasteiger partial charge < -0.3 is 4.74 Å². The molecule has 0 radical (unpaired) electrons. The van der Waals surface area contributed by atoms with E-state index in [0.29, 0.717) is 5.92 Å². The van der Waals surface area contributed by atoms with Gasteiger partial charge in [0.15, 0.2) is 0 Å². The fourth-order valence-corrected chi connectivity index (χ4v) is 1.70. The lowest BCUT2D eigenvalue weighted by molar-refractivity contribution is 0.352. The number of rotatable bonds is 1. The highest BCUT2D eigenvalue weighted by molar-refractivity contribution is 5.45. The van der Waals surface area contributed by atoms with Crippen molar-refractivity contribution in [3.8, 4) is 5.75 Å². The van der Waals surface area contributed by atoms with E-state index in [1.807, 2.05) is 13.8 Å². The van der Waals surface area contributed by atoms with Crippen molar-refractivity contribution in [2.45, 2.75) is 40.0 Å². The van der Waals surface area contributed by atoms with Gasteiger partial charge in [-0.25, -0.2) is 0 Å². The summed E-state index contributed by atoms with van der Waals surface area (Å²) in [7, 11) is 0. The Labute approximate surface area is 87.1 Å². The normalized spacial score (nSPS) is 12.9. The van der Waals surface area contributed by atoms with Gasteiger partial charge >= 0.3 is 0 Å². The minimum atomic E-state index is 0.568. The van der Waals surface area contributed by atoms with Crippen molar-refractivity contribution in [2.24, 2.45) is 0 Å². The molecule has 0 saturated carbocycles. The molecule has 0 aromatic heterocycles. The Balaban J connectivity index is 0.000000461. The van der Waals surface area contributed by atoms with Crippen molar-refractivity contribution in [3.63, 3.8) is 0 Å². The van der Waals surface area contributed by atoms with Crippen molar-refractivity contribution >= 4 is 0 Å². The predicted molar refractivity (Wildman–Crippen MR) is 61.1 cm³/mol. The van der Waals surface area contributed by atoms with Gasteiger partial charge in [0.25, 0.3) is 0 Å². The summed E-state index contributed by atoms with van der Waals surface area (Å²) in [5.41, 5.74) is 2.73. The van der Waals surface area contributed by atoms with Crippen LogP contribution in [0.5, 0.6) is 5.75 Å². The van der Waals surface area contributed by atoms with Gasteiger partial charge in [0.2, 0.25) is 0 Å². The highest BCUT2D eigenvalue weighted by Crippen LogP contribution is 2.33. The third kappa shape index (κ3) is 2.09. The summed E-state index contributed by atoms with van der Waals surface area (Å²) >= 11 is 0. The maximum atomic E-state index is 5.59. The summed E-state index contributed by atoms with van der Waals surface area (Å²) in [5, 5.41) is 0. The first kappa shape index (κ1) is 11.1. The zero-order valence-corrected chi connectivity index (χ0v) is 9.63. The van der Waals surface area contributed by atoms with Crippen LogP contribution >= 0.6 is 0 Å². The number of benzene rings is 1. The second-order valence-electron chi connectivity index (χ2n) is 3.59. The zero-order chi connectivity index (χ0) is 10.6. The molecule has 0 N–H and O–H groups in total. The lowest BCUT2D eigenvalue weighted by Crippen LogP contribution is -1.93. The van der Waals surface area contributed by atoms with E-state index in [-0.39, 0.29) is 0 Å². The lowest BCUT2D eigenvalue weighted by Gasteiger charge is -2.10. The molecule has 0 saturated heterocycles. The maximum absolute atomic E-state index is 5.59. The SMILES string of the molecule is CC.CC(C)c1cccc2c1OCC2. The highest BCUT2D eigenvalue weighted by atomic mass is 16.5. The summed E-state index contributed by atoms with van der Waals surface area (Å²) in [5.74, 6) is 1.71. The second kappa shape index (κ2) is 5.04. The molecule has 1 heterocycles. The summed E-state index contributed by atoms with van der Waals surface area (Å²) in [6, 6.07) is 6.45. The Morgan fingerprint density at radius 2 is 1.93 bits per heavy atom. The smallest absolute Gasteiger partial charge is 0.126 e. The fraction of sp³-hybridized carbons (Fsp3) is 0.538. The largest absolute Gasteiger partial charge is 0.493 e. The van der Waals surface area contributed by atoms with E-state index in [9.17, 15) is 0 Å². The van der Waals surface area contributed by atoms with Gasteiger partial charge in [0, 0.05) is 6.42 Å². The number of ether oxygens (including phenoxy) is 1. The summed E-state index contributed by atoms with van der Waals surface area (Å²) in [6.45, 7) is 9.27. The molecule has 1 aromatic carbocycles. The van der Waals surface area contributed by atoms with Gasteiger partial charge in [-0.1, -0.05) is 45.9 Å². The Hall–Kier alpha value is -0.980. The van der Waals surface area contributed by atoms with E-state index in [2.05, 4.69) is 32.0 Å². The Bertz CT molecular complexity index is 289. The molecule has 0 atom stereocenters. The number of para-hydroxylation sites is 1. The van der Waals surface area contributed by atoms with E-state index < -0.39 is 0 Å². The first-order chi connectivity index (χ1) is 6.79. The topological polar surface area (TPSA) is 9.23 Å². The summed E-state index contributed by atoms with van der Waals surface area (Å²) in [4.78, 5) is 0. The molecule has 14 heavy (non-hydrogen) atoms. The minimum Gasteiger partial charge on any atom is -0.493 e. The van der Waals surface area contributed by atoms with Crippen LogP contribution in [-0.4, -0.2) is 6.61 Å². The number of fused-ring (bicyclic) bond motifs is 1. The zero-order valence-electron chi connectivity index (χ0n) is 9.63. The molecule has 0 unspecified atom stereocenters. The van der Waals surface area contributed by atoms with Crippen molar-refractivity contribution in [3.05, 3.63) is 29.3 Å². The molecular formula is C13H20O. The van der Waals surface area contributed by atoms with Gasteiger partial charge in [-0.05, 0) is 17.0 Å². The molecule has 1 aliphatic rings. The molecule has 1 heteroatoms.